The molecule has 0 spiro atoms. The summed E-state index contributed by atoms with van der Waals surface area (Å²) in [6.07, 6.45) is 5.88. The first-order valence-electron chi connectivity index (χ1n) is 44.3. The Morgan fingerprint density at radius 3 is 1.01 bits per heavy atom. The van der Waals surface area contributed by atoms with Crippen molar-refractivity contribution in [3.05, 3.63) is 276 Å². The number of anilines is 5. The molecule has 3 amide bonds. The SMILES string of the molecule is CC(C)(C)OC(=O)NCCBr.CCN(CCN(c1ccc(OC)nc1)S(=O)(=O)c1ccccc1C)C(=O)OC(C)(C)C.CCNCCN(c1ccc(OC)nc1)S(=O)(=O)c1ccccc1C.COc1ccc(N(CCNC(=O)OC(C)(C)C)S(=O)(=O)c2ccccc2C)cn1.COc1ccc(N)cn1.COc1ccc(NS(=O)(=O)c2ccccc2C)cn1.Cc1ccccc1S(=O)(=O)Cl.O=C(Cl)c1ccc(Cl)cc1. The summed E-state index contributed by atoms with van der Waals surface area (Å²) < 4.78 is 173. The normalized spacial score (nSPS) is 11.1. The molecule has 0 unspecified atom stereocenters. The maximum absolute atomic E-state index is 13.5. The molecule has 0 fully saturated rings. The number of likely N-dealkylation sites (N-methyl/N-ethyl adjacent to an activating group) is 2. The van der Waals surface area contributed by atoms with Crippen molar-refractivity contribution in [2.24, 2.45) is 0 Å². The molecule has 0 aliphatic carbocycles. The highest BCUT2D eigenvalue weighted by atomic mass is 79.9. The van der Waals surface area contributed by atoms with Crippen LogP contribution in [0.15, 0.2) is 262 Å². The molecule has 144 heavy (non-hydrogen) atoms. The lowest BCUT2D eigenvalue weighted by Gasteiger charge is -2.30. The van der Waals surface area contributed by atoms with E-state index in [2.05, 4.69) is 61.5 Å². The number of methoxy groups -OCH3 is 5. The van der Waals surface area contributed by atoms with Gasteiger partial charge in [0, 0.05) is 96.2 Å². The van der Waals surface area contributed by atoms with Gasteiger partial charge < -0.3 is 64.5 Å². The summed E-state index contributed by atoms with van der Waals surface area (Å²) in [6, 6.07) is 56.7. The van der Waals surface area contributed by atoms with Crippen molar-refractivity contribution >= 4 is 151 Å². The van der Waals surface area contributed by atoms with Gasteiger partial charge >= 0.3 is 18.3 Å². The fourth-order valence-electron chi connectivity index (χ4n) is 11.8. The number of halogens is 4. The molecule has 36 nitrogen and oxygen atoms in total. The molecule has 6 N–H and O–H groups in total. The summed E-state index contributed by atoms with van der Waals surface area (Å²) in [5.41, 5.74) is 9.76. The number of alkyl halides is 1. The van der Waals surface area contributed by atoms with E-state index in [1.807, 2.05) is 40.7 Å². The summed E-state index contributed by atoms with van der Waals surface area (Å²) in [5, 5.41) is 9.21. The Hall–Kier alpha value is -12.4. The largest absolute Gasteiger partial charge is 0.481 e. The van der Waals surface area contributed by atoms with Crippen LogP contribution in [-0.2, 0) is 63.4 Å². The van der Waals surface area contributed by atoms with Gasteiger partial charge in [0.25, 0.3) is 54.4 Å². The molecule has 0 saturated carbocycles. The second-order valence-electron chi connectivity index (χ2n) is 33.2. The van der Waals surface area contributed by atoms with Crippen LogP contribution in [0.4, 0.5) is 42.8 Å². The van der Waals surface area contributed by atoms with Crippen LogP contribution in [-0.4, -0.2) is 212 Å². The molecule has 0 radical (unpaired) electrons. The van der Waals surface area contributed by atoms with Crippen LogP contribution in [0.1, 0.15) is 114 Å². The number of amides is 3. The first-order chi connectivity index (χ1) is 67.6. The Kier molecular flexibility index (Phi) is 51.4. The lowest BCUT2D eigenvalue weighted by molar-refractivity contribution is 0.0265. The summed E-state index contributed by atoms with van der Waals surface area (Å²) in [6.45, 7) is 31.5. The topological polar surface area (TPSA) is 464 Å². The van der Waals surface area contributed by atoms with Crippen molar-refractivity contribution < 1.29 is 99.2 Å². The highest BCUT2D eigenvalue weighted by Gasteiger charge is 2.32. The number of nitrogens with two attached hydrogens (primary N) is 1. The van der Waals surface area contributed by atoms with Gasteiger partial charge in [-0.2, -0.15) is 0 Å². The van der Waals surface area contributed by atoms with Gasteiger partial charge in [-0.3, -0.25) is 22.4 Å². The minimum Gasteiger partial charge on any atom is -0.481 e. The van der Waals surface area contributed by atoms with E-state index in [0.717, 1.165) is 11.9 Å². The number of ether oxygens (including phenoxy) is 8. The van der Waals surface area contributed by atoms with E-state index in [9.17, 15) is 61.3 Å². The number of benzene rings is 6. The fraction of sp³-hybridized carbons (Fsp3) is 0.343. The van der Waals surface area contributed by atoms with E-state index in [1.165, 1.54) is 77.1 Å². The standard InChI is InChI=1S/C22H31N3O5S.C20H27N3O5S.C17H23N3O3S.C13H14N2O3S.C7H14BrNO2.C7H4Cl2O.C7H7ClO2S.C6H8N2O/c1-7-24(21(26)30-22(3,4)5)14-15-25(18-12-13-20(29-6)23-16-18)31(27,28)19-11-9-8-10-17(19)2;1-15-8-6-7-9-17(15)29(25,26)23(16-10-11-18(27-5)22-14-16)13-12-21-19(24)28-20(2,3)4;1-4-18-11-12-20(15-9-10-17(23-3)19-13-15)24(21,22)16-8-6-5-7-14(16)2;1-10-5-3-4-6-12(10)19(16,17)15-11-7-8-13(18-2)14-9-11;1-7(2,3)11-6(10)9-5-4-8;8-6-3-1-5(2-4-6)7(9)10;1-6-4-2-3-5-7(6)11(8,9)10;1-9-6-3-2-5(7)4-8-6/h8-13,16H,7,14-15H2,1-6H3;6-11,14H,12-13H2,1-5H3,(H,21,24);5-10,13,18H,4,11-12H2,1-3H3;3-9,15H,1-2H3;4-5H2,1-3H3,(H,9,10);1-4H;2-5H,1H3;2-4H,7H2,1H3. The molecule has 784 valence electrons. The number of carbonyl (C=O) groups is 4. The van der Waals surface area contributed by atoms with Gasteiger partial charge in [-0.05, 0) is 235 Å². The van der Waals surface area contributed by atoms with Crippen LogP contribution in [0.3, 0.4) is 0 Å². The third kappa shape index (κ3) is 43.3. The Bertz CT molecular complexity index is 6470. The molecule has 5 aromatic heterocycles. The Labute approximate surface area is 869 Å². The zero-order valence-electron chi connectivity index (χ0n) is 84.2. The van der Waals surface area contributed by atoms with E-state index in [-0.39, 0.29) is 51.9 Å². The van der Waals surface area contributed by atoms with Crippen LogP contribution in [0.25, 0.3) is 0 Å². The number of aryl methyl sites for hydroxylation is 5. The number of alkyl carbamates (subject to hydrolysis) is 2. The molecular formula is C99H128BrCl3N14O22S5. The van der Waals surface area contributed by atoms with E-state index in [4.69, 9.17) is 77.5 Å². The van der Waals surface area contributed by atoms with Crippen LogP contribution in [0.2, 0.25) is 5.02 Å². The number of sulfonamides is 4. The van der Waals surface area contributed by atoms with Crippen LogP contribution < -0.4 is 63.0 Å². The van der Waals surface area contributed by atoms with Crippen molar-refractivity contribution in [1.82, 2.24) is 45.8 Å². The number of nitrogen functional groups attached to an aromatic ring is 1. The molecule has 0 bridgehead atoms. The number of rotatable bonds is 32. The molecule has 45 heteroatoms. The van der Waals surface area contributed by atoms with E-state index in [1.54, 1.807) is 284 Å². The minimum atomic E-state index is -3.90. The van der Waals surface area contributed by atoms with Crippen LogP contribution >= 0.6 is 49.8 Å². The average Bonchev–Trinajstić information content (AvgIpc) is 0.787. The first kappa shape index (κ1) is 124. The smallest absolute Gasteiger partial charge is 0.410 e. The van der Waals surface area contributed by atoms with Crippen molar-refractivity contribution in [2.45, 2.75) is 152 Å². The predicted octanol–water partition coefficient (Wildman–Crippen LogP) is 18.6. The molecule has 11 rings (SSSR count). The van der Waals surface area contributed by atoms with Gasteiger partial charge in [-0.1, -0.05) is 125 Å². The fourth-order valence-corrected chi connectivity index (χ4v) is 19.8. The summed E-state index contributed by atoms with van der Waals surface area (Å²) in [4.78, 5) is 68.5. The van der Waals surface area contributed by atoms with Gasteiger partial charge in [0.05, 0.1) is 133 Å². The highest BCUT2D eigenvalue weighted by Crippen LogP contribution is 2.32. The third-order valence-corrected chi connectivity index (χ3v) is 28.6. The molecule has 0 aliphatic rings. The molecule has 0 aliphatic heterocycles. The van der Waals surface area contributed by atoms with Crippen molar-refractivity contribution in [1.29, 1.82) is 0 Å². The van der Waals surface area contributed by atoms with Crippen molar-refractivity contribution in [2.75, 3.05) is 123 Å². The number of hydrogen-bond donors (Lipinski definition) is 5. The van der Waals surface area contributed by atoms with Gasteiger partial charge in [-0.15, -0.1) is 0 Å². The second-order valence-corrected chi connectivity index (χ2v) is 44.5. The highest BCUT2D eigenvalue weighted by molar-refractivity contribution is 9.09. The van der Waals surface area contributed by atoms with Gasteiger partial charge in [-0.25, -0.2) is 81.4 Å². The summed E-state index contributed by atoms with van der Waals surface area (Å²) >= 11 is 13.9. The van der Waals surface area contributed by atoms with Crippen LogP contribution in [0.5, 0.6) is 29.4 Å². The number of pyridine rings is 5. The van der Waals surface area contributed by atoms with E-state index in [0.29, 0.717) is 127 Å². The zero-order valence-corrected chi connectivity index (χ0v) is 92.2. The van der Waals surface area contributed by atoms with Crippen molar-refractivity contribution in [3.63, 3.8) is 0 Å². The predicted molar refractivity (Wildman–Crippen MR) is 568 cm³/mol. The molecule has 5 heterocycles. The number of carbonyl (C=O) groups excluding carboxylic acids is 4. The second kappa shape index (κ2) is 59.8. The molecule has 0 saturated heterocycles. The van der Waals surface area contributed by atoms with E-state index >= 15 is 0 Å². The number of aromatic nitrogens is 5. The number of nitrogens with zero attached hydrogens (tertiary/aromatic N) is 9. The minimum absolute atomic E-state index is 0.00389. The van der Waals surface area contributed by atoms with Crippen molar-refractivity contribution in [3.8, 4) is 29.4 Å². The van der Waals surface area contributed by atoms with Gasteiger partial charge in [0.2, 0.25) is 29.4 Å². The number of nitrogens with one attached hydrogen (secondary N) is 4. The zero-order chi connectivity index (χ0) is 108. The maximum atomic E-state index is 13.5. The van der Waals surface area contributed by atoms with Crippen LogP contribution in [0, 0.1) is 34.6 Å². The Morgan fingerprint density at radius 2 is 0.722 bits per heavy atom. The van der Waals surface area contributed by atoms with Gasteiger partial charge in [0.15, 0.2) is 0 Å². The Morgan fingerprint density at radius 1 is 0.396 bits per heavy atom. The first-order valence-corrected chi connectivity index (χ1v) is 54.3. The lowest BCUT2D eigenvalue weighted by Crippen LogP contribution is -2.43. The maximum Gasteiger partial charge on any atom is 0.410 e. The quantitative estimate of drug-likeness (QED) is 0.0113. The van der Waals surface area contributed by atoms with Gasteiger partial charge in [0.1, 0.15) is 16.8 Å². The molecule has 11 aromatic rings. The molecule has 6 aromatic carbocycles. The average molecular weight is 2210 g/mol. The lowest BCUT2D eigenvalue weighted by atomic mass is 10.2. The van der Waals surface area contributed by atoms with E-state index < -0.39 is 83.4 Å². The Balaban J connectivity index is 0.000000356. The molecule has 0 atom stereocenters. The summed E-state index contributed by atoms with van der Waals surface area (Å²) in [5.74, 6) is 2.21. The molecular weight excluding hydrogens is 2080 g/mol. The number of hydrogen-bond acceptors (Lipinski definition) is 29. The summed E-state index contributed by atoms with van der Waals surface area (Å²) in [7, 11) is -5.90. The third-order valence-electron chi connectivity index (χ3n) is 18.7. The monoisotopic (exact) mass is 2210 g/mol.